The molecule has 0 bridgehead atoms. The van der Waals surface area contributed by atoms with Gasteiger partial charge in [-0.05, 0) is 34.9 Å². The number of halogens is 1. The van der Waals surface area contributed by atoms with Crippen LogP contribution >= 0.6 is 11.6 Å². The number of hydrogen-bond donors (Lipinski definition) is 1. The number of aromatic nitrogens is 1. The molecule has 1 heterocycles. The standard InChI is InChI=1S/C24H16ClNO/c25-17-10-6-9-16(13-17)21-14-20(15-7-2-1-3-8-15)22-23(26-21)18-11-4-5-12-19(18)24(22)27/h1-14,24,27H. The lowest BCUT2D eigenvalue weighted by atomic mass is 9.95. The van der Waals surface area contributed by atoms with Gasteiger partial charge in [0.2, 0.25) is 0 Å². The Labute approximate surface area is 162 Å². The largest absolute Gasteiger partial charge is 0.384 e. The number of pyridine rings is 1. The first kappa shape index (κ1) is 16.2. The summed E-state index contributed by atoms with van der Waals surface area (Å²) in [4.78, 5) is 4.92. The van der Waals surface area contributed by atoms with E-state index < -0.39 is 6.10 Å². The van der Waals surface area contributed by atoms with Crippen molar-refractivity contribution in [1.29, 1.82) is 0 Å². The Morgan fingerprint density at radius 1 is 0.741 bits per heavy atom. The molecule has 1 aromatic heterocycles. The second-order valence-electron chi connectivity index (χ2n) is 6.68. The third kappa shape index (κ3) is 2.66. The van der Waals surface area contributed by atoms with Crippen LogP contribution in [0.2, 0.25) is 5.02 Å². The van der Waals surface area contributed by atoms with Crippen LogP contribution in [-0.2, 0) is 0 Å². The summed E-state index contributed by atoms with van der Waals surface area (Å²) in [5, 5.41) is 11.7. The Morgan fingerprint density at radius 2 is 1.48 bits per heavy atom. The molecule has 1 unspecified atom stereocenters. The molecule has 0 saturated carbocycles. The van der Waals surface area contributed by atoms with Gasteiger partial charge in [0, 0.05) is 21.7 Å². The van der Waals surface area contributed by atoms with E-state index >= 15 is 0 Å². The molecule has 3 heteroatoms. The van der Waals surface area contributed by atoms with Crippen molar-refractivity contribution in [3.8, 4) is 33.6 Å². The van der Waals surface area contributed by atoms with Gasteiger partial charge in [-0.3, -0.25) is 0 Å². The van der Waals surface area contributed by atoms with E-state index in [2.05, 4.69) is 18.2 Å². The summed E-state index contributed by atoms with van der Waals surface area (Å²) in [6.45, 7) is 0. The fourth-order valence-electron chi connectivity index (χ4n) is 3.80. The molecule has 2 nitrogen and oxygen atoms in total. The summed E-state index contributed by atoms with van der Waals surface area (Å²) >= 11 is 6.21. The van der Waals surface area contributed by atoms with Gasteiger partial charge >= 0.3 is 0 Å². The van der Waals surface area contributed by atoms with E-state index in [0.717, 1.165) is 44.8 Å². The molecule has 4 aromatic rings. The van der Waals surface area contributed by atoms with Gasteiger partial charge in [-0.15, -0.1) is 0 Å². The van der Waals surface area contributed by atoms with Crippen LogP contribution in [0.25, 0.3) is 33.6 Å². The van der Waals surface area contributed by atoms with Gasteiger partial charge in [0.1, 0.15) is 6.10 Å². The number of nitrogens with zero attached hydrogens (tertiary/aromatic N) is 1. The molecule has 27 heavy (non-hydrogen) atoms. The average molecular weight is 370 g/mol. The molecule has 1 aliphatic rings. The Hall–Kier alpha value is -2.94. The van der Waals surface area contributed by atoms with Crippen LogP contribution in [0, 0.1) is 0 Å². The van der Waals surface area contributed by atoms with Crippen LogP contribution in [0.15, 0.2) is 84.9 Å². The van der Waals surface area contributed by atoms with Crippen molar-refractivity contribution in [2.24, 2.45) is 0 Å². The highest BCUT2D eigenvalue weighted by atomic mass is 35.5. The van der Waals surface area contributed by atoms with Crippen LogP contribution in [0.1, 0.15) is 17.2 Å². The van der Waals surface area contributed by atoms with Crippen molar-refractivity contribution in [2.45, 2.75) is 6.10 Å². The van der Waals surface area contributed by atoms with Crippen molar-refractivity contribution < 1.29 is 5.11 Å². The first-order chi connectivity index (χ1) is 13.2. The number of aliphatic hydroxyl groups excluding tert-OH is 1. The molecule has 0 fully saturated rings. The van der Waals surface area contributed by atoms with Gasteiger partial charge in [-0.2, -0.15) is 0 Å². The van der Waals surface area contributed by atoms with E-state index in [-0.39, 0.29) is 0 Å². The molecule has 0 aliphatic heterocycles. The fourth-order valence-corrected chi connectivity index (χ4v) is 3.99. The lowest BCUT2D eigenvalue weighted by molar-refractivity contribution is 0.225. The van der Waals surface area contributed by atoms with E-state index in [1.54, 1.807) is 0 Å². The zero-order chi connectivity index (χ0) is 18.4. The summed E-state index contributed by atoms with van der Waals surface area (Å²) in [5.74, 6) is 0. The molecule has 3 aromatic carbocycles. The molecule has 1 N–H and O–H groups in total. The highest BCUT2D eigenvalue weighted by Crippen LogP contribution is 2.47. The lowest BCUT2D eigenvalue weighted by Crippen LogP contribution is -1.99. The molecule has 1 aliphatic carbocycles. The minimum Gasteiger partial charge on any atom is -0.384 e. The fraction of sp³-hybridized carbons (Fsp3) is 0.0417. The number of fused-ring (bicyclic) bond motifs is 3. The predicted molar refractivity (Wildman–Crippen MR) is 110 cm³/mol. The van der Waals surface area contributed by atoms with Crippen LogP contribution in [-0.4, -0.2) is 10.1 Å². The van der Waals surface area contributed by atoms with Crippen molar-refractivity contribution in [1.82, 2.24) is 4.98 Å². The maximum absolute atomic E-state index is 11.0. The first-order valence-corrected chi connectivity index (χ1v) is 9.24. The highest BCUT2D eigenvalue weighted by Gasteiger charge is 2.31. The maximum atomic E-state index is 11.0. The van der Waals surface area contributed by atoms with Crippen LogP contribution in [0.4, 0.5) is 0 Å². The van der Waals surface area contributed by atoms with Crippen LogP contribution in [0.3, 0.4) is 0 Å². The molecule has 0 amide bonds. The van der Waals surface area contributed by atoms with E-state index in [0.29, 0.717) is 5.02 Å². The number of benzene rings is 3. The molecule has 0 spiro atoms. The van der Waals surface area contributed by atoms with Crippen molar-refractivity contribution in [3.63, 3.8) is 0 Å². The number of rotatable bonds is 2. The summed E-state index contributed by atoms with van der Waals surface area (Å²) in [7, 11) is 0. The zero-order valence-electron chi connectivity index (χ0n) is 14.4. The van der Waals surface area contributed by atoms with Gasteiger partial charge < -0.3 is 5.11 Å². The Bertz CT molecular complexity index is 1150. The molecule has 0 saturated heterocycles. The predicted octanol–water partition coefficient (Wildman–Crippen LogP) is 6.13. The van der Waals surface area contributed by atoms with Gasteiger partial charge in [0.15, 0.2) is 0 Å². The third-order valence-corrected chi connectivity index (χ3v) is 5.28. The maximum Gasteiger partial charge on any atom is 0.107 e. The summed E-state index contributed by atoms with van der Waals surface area (Å²) in [6.07, 6.45) is -0.674. The lowest BCUT2D eigenvalue weighted by Gasteiger charge is -2.14. The monoisotopic (exact) mass is 369 g/mol. The second-order valence-corrected chi connectivity index (χ2v) is 7.12. The average Bonchev–Trinajstić information content (AvgIpc) is 3.01. The zero-order valence-corrected chi connectivity index (χ0v) is 15.2. The number of hydrogen-bond acceptors (Lipinski definition) is 2. The minimum absolute atomic E-state index is 0.674. The Kier molecular flexibility index (Phi) is 3.82. The summed E-state index contributed by atoms with van der Waals surface area (Å²) in [6, 6.07) is 27.8. The summed E-state index contributed by atoms with van der Waals surface area (Å²) < 4.78 is 0. The normalized spacial score (nSPS) is 14.7. The van der Waals surface area contributed by atoms with E-state index in [4.69, 9.17) is 16.6 Å². The van der Waals surface area contributed by atoms with Gasteiger partial charge in [-0.25, -0.2) is 4.98 Å². The van der Waals surface area contributed by atoms with Crippen LogP contribution in [0.5, 0.6) is 0 Å². The van der Waals surface area contributed by atoms with E-state index in [1.807, 2.05) is 66.7 Å². The third-order valence-electron chi connectivity index (χ3n) is 5.05. The molecule has 130 valence electrons. The van der Waals surface area contributed by atoms with Crippen molar-refractivity contribution in [3.05, 3.63) is 101 Å². The van der Waals surface area contributed by atoms with Crippen LogP contribution < -0.4 is 0 Å². The van der Waals surface area contributed by atoms with E-state index in [9.17, 15) is 5.11 Å². The Morgan fingerprint density at radius 3 is 2.30 bits per heavy atom. The Balaban J connectivity index is 1.83. The smallest absolute Gasteiger partial charge is 0.107 e. The minimum atomic E-state index is -0.674. The van der Waals surface area contributed by atoms with Gasteiger partial charge in [-0.1, -0.05) is 78.3 Å². The summed E-state index contributed by atoms with van der Waals surface area (Å²) in [5.41, 5.74) is 7.47. The molecular formula is C24H16ClNO. The molecule has 5 rings (SSSR count). The first-order valence-electron chi connectivity index (χ1n) is 8.86. The highest BCUT2D eigenvalue weighted by molar-refractivity contribution is 6.30. The number of aliphatic hydroxyl groups is 1. The second kappa shape index (κ2) is 6.34. The molecule has 0 radical (unpaired) electrons. The van der Waals surface area contributed by atoms with Gasteiger partial charge in [0.25, 0.3) is 0 Å². The molecule has 1 atom stereocenters. The van der Waals surface area contributed by atoms with Gasteiger partial charge in [0.05, 0.1) is 11.4 Å². The topological polar surface area (TPSA) is 33.1 Å². The van der Waals surface area contributed by atoms with E-state index in [1.165, 1.54) is 0 Å². The van der Waals surface area contributed by atoms with Crippen molar-refractivity contribution >= 4 is 11.6 Å². The van der Waals surface area contributed by atoms with Crippen molar-refractivity contribution in [2.75, 3.05) is 0 Å². The quantitative estimate of drug-likeness (QED) is 0.461. The SMILES string of the molecule is OC1c2ccccc2-c2nc(-c3cccc(Cl)c3)cc(-c3ccccc3)c21. The molecular weight excluding hydrogens is 354 g/mol.